The van der Waals surface area contributed by atoms with Crippen LogP contribution in [0.5, 0.6) is 0 Å². The average molecular weight is 362 g/mol. The summed E-state index contributed by atoms with van der Waals surface area (Å²) >= 11 is 0. The second-order valence-corrected chi connectivity index (χ2v) is 7.27. The number of para-hydroxylation sites is 2. The van der Waals surface area contributed by atoms with E-state index in [0.29, 0.717) is 12.6 Å². The molecule has 1 aromatic heterocycles. The first-order valence-electron chi connectivity index (χ1n) is 9.67. The van der Waals surface area contributed by atoms with Crippen molar-refractivity contribution in [1.82, 2.24) is 19.8 Å². The zero-order chi connectivity index (χ0) is 18.8. The van der Waals surface area contributed by atoms with Gasteiger partial charge in [0.05, 0.1) is 17.6 Å². The van der Waals surface area contributed by atoms with E-state index in [2.05, 4.69) is 27.8 Å². The standard InChI is InChI=1S/C22H26N4O/c1-3-26-19-12-8-7-11-18(19)24-20(26)15-25(2)21(16-9-5-4-6-10-16)22(27)23-17-13-14-17/h4-12,17,21H,3,13-15H2,1-2H3,(H,23,27)/t21-/m1/s1. The Morgan fingerprint density at radius 3 is 2.59 bits per heavy atom. The van der Waals surface area contributed by atoms with Gasteiger partial charge in [-0.3, -0.25) is 9.69 Å². The van der Waals surface area contributed by atoms with Gasteiger partial charge in [0.1, 0.15) is 11.9 Å². The number of amides is 1. The van der Waals surface area contributed by atoms with Crippen molar-refractivity contribution >= 4 is 16.9 Å². The number of imidazole rings is 1. The van der Waals surface area contributed by atoms with Crippen molar-refractivity contribution in [2.75, 3.05) is 7.05 Å². The lowest BCUT2D eigenvalue weighted by molar-refractivity contribution is -0.126. The Labute approximate surface area is 160 Å². The predicted molar refractivity (Wildman–Crippen MR) is 107 cm³/mol. The van der Waals surface area contributed by atoms with E-state index in [4.69, 9.17) is 4.98 Å². The van der Waals surface area contributed by atoms with Crippen LogP contribution in [-0.2, 0) is 17.9 Å². The van der Waals surface area contributed by atoms with Crippen molar-refractivity contribution in [3.05, 3.63) is 66.0 Å². The molecule has 1 saturated carbocycles. The van der Waals surface area contributed by atoms with E-state index < -0.39 is 0 Å². The zero-order valence-corrected chi connectivity index (χ0v) is 15.9. The van der Waals surface area contributed by atoms with Crippen LogP contribution in [0.2, 0.25) is 0 Å². The highest BCUT2D eigenvalue weighted by Crippen LogP contribution is 2.26. The largest absolute Gasteiger partial charge is 0.352 e. The molecule has 1 amide bonds. The van der Waals surface area contributed by atoms with Crippen molar-refractivity contribution in [2.45, 2.75) is 44.9 Å². The molecule has 1 N–H and O–H groups in total. The van der Waals surface area contributed by atoms with Crippen LogP contribution in [0, 0.1) is 0 Å². The summed E-state index contributed by atoms with van der Waals surface area (Å²) in [6.45, 7) is 3.60. The molecule has 1 fully saturated rings. The summed E-state index contributed by atoms with van der Waals surface area (Å²) in [7, 11) is 2.00. The highest BCUT2D eigenvalue weighted by Gasteiger charge is 2.31. The summed E-state index contributed by atoms with van der Waals surface area (Å²) < 4.78 is 2.23. The molecule has 3 aromatic rings. The number of aryl methyl sites for hydroxylation is 1. The SMILES string of the molecule is CCn1c(CN(C)[C@@H](C(=O)NC2CC2)c2ccccc2)nc2ccccc21. The number of carbonyl (C=O) groups excluding carboxylic acids is 1. The molecular weight excluding hydrogens is 336 g/mol. The molecule has 5 heteroatoms. The summed E-state index contributed by atoms with van der Waals surface area (Å²) in [4.78, 5) is 19.9. The van der Waals surface area contributed by atoms with Crippen LogP contribution in [0.3, 0.4) is 0 Å². The Balaban J connectivity index is 1.63. The Hall–Kier alpha value is -2.66. The third kappa shape index (κ3) is 3.74. The quantitative estimate of drug-likeness (QED) is 0.700. The smallest absolute Gasteiger partial charge is 0.242 e. The number of hydrogen-bond acceptors (Lipinski definition) is 3. The third-order valence-electron chi connectivity index (χ3n) is 5.17. The van der Waals surface area contributed by atoms with Crippen molar-refractivity contribution in [2.24, 2.45) is 0 Å². The molecule has 1 atom stereocenters. The number of fused-ring (bicyclic) bond motifs is 1. The molecule has 4 rings (SSSR count). The van der Waals surface area contributed by atoms with Gasteiger partial charge in [-0.2, -0.15) is 0 Å². The number of hydrogen-bond donors (Lipinski definition) is 1. The van der Waals surface area contributed by atoms with Crippen molar-refractivity contribution in [3.8, 4) is 0 Å². The number of nitrogens with zero attached hydrogens (tertiary/aromatic N) is 3. The summed E-state index contributed by atoms with van der Waals surface area (Å²) in [5.74, 6) is 1.06. The predicted octanol–water partition coefficient (Wildman–Crippen LogP) is 3.51. The van der Waals surface area contributed by atoms with E-state index in [1.165, 1.54) is 0 Å². The molecule has 0 radical (unpaired) electrons. The molecule has 0 spiro atoms. The number of rotatable bonds is 7. The Morgan fingerprint density at radius 2 is 1.89 bits per heavy atom. The number of likely N-dealkylation sites (N-methyl/N-ethyl adjacent to an activating group) is 1. The first-order chi connectivity index (χ1) is 13.2. The Bertz CT molecular complexity index is 930. The van der Waals surface area contributed by atoms with Crippen LogP contribution < -0.4 is 5.32 Å². The highest BCUT2D eigenvalue weighted by atomic mass is 16.2. The van der Waals surface area contributed by atoms with Crippen molar-refractivity contribution in [3.63, 3.8) is 0 Å². The second kappa shape index (κ2) is 7.53. The molecule has 1 aliphatic carbocycles. The molecular formula is C22H26N4O. The van der Waals surface area contributed by atoms with Crippen LogP contribution >= 0.6 is 0 Å². The second-order valence-electron chi connectivity index (χ2n) is 7.27. The van der Waals surface area contributed by atoms with Gasteiger partial charge in [0, 0.05) is 12.6 Å². The maximum Gasteiger partial charge on any atom is 0.242 e. The summed E-state index contributed by atoms with van der Waals surface area (Å²) in [6, 6.07) is 18.2. The number of benzene rings is 2. The van der Waals surface area contributed by atoms with E-state index in [1.807, 2.05) is 55.6 Å². The lowest BCUT2D eigenvalue weighted by Crippen LogP contribution is -2.39. The molecule has 0 saturated heterocycles. The van der Waals surface area contributed by atoms with Gasteiger partial charge in [-0.25, -0.2) is 4.98 Å². The van der Waals surface area contributed by atoms with Crippen molar-refractivity contribution in [1.29, 1.82) is 0 Å². The van der Waals surface area contributed by atoms with Gasteiger partial charge >= 0.3 is 0 Å². The number of carbonyl (C=O) groups is 1. The minimum absolute atomic E-state index is 0.0744. The van der Waals surface area contributed by atoms with Crippen LogP contribution in [0.4, 0.5) is 0 Å². The third-order valence-corrected chi connectivity index (χ3v) is 5.17. The summed E-state index contributed by atoms with van der Waals surface area (Å²) in [5, 5.41) is 3.17. The first kappa shape index (κ1) is 17.7. The minimum atomic E-state index is -0.322. The summed E-state index contributed by atoms with van der Waals surface area (Å²) in [6.07, 6.45) is 2.17. The van der Waals surface area contributed by atoms with E-state index >= 15 is 0 Å². The van der Waals surface area contributed by atoms with Crippen LogP contribution in [0.25, 0.3) is 11.0 Å². The normalized spacial score (nSPS) is 15.2. The highest BCUT2D eigenvalue weighted by molar-refractivity contribution is 5.83. The fourth-order valence-corrected chi connectivity index (χ4v) is 3.66. The Morgan fingerprint density at radius 1 is 1.19 bits per heavy atom. The molecule has 1 heterocycles. The van der Waals surface area contributed by atoms with Crippen LogP contribution in [0.15, 0.2) is 54.6 Å². The molecule has 1 aliphatic rings. The Kier molecular flexibility index (Phi) is 4.94. The minimum Gasteiger partial charge on any atom is -0.352 e. The van der Waals surface area contributed by atoms with Gasteiger partial charge in [-0.1, -0.05) is 42.5 Å². The van der Waals surface area contributed by atoms with E-state index in [0.717, 1.165) is 41.8 Å². The van der Waals surface area contributed by atoms with Gasteiger partial charge in [-0.15, -0.1) is 0 Å². The maximum atomic E-state index is 13.0. The van der Waals surface area contributed by atoms with Crippen LogP contribution in [-0.4, -0.2) is 33.4 Å². The molecule has 5 nitrogen and oxygen atoms in total. The topological polar surface area (TPSA) is 50.2 Å². The van der Waals surface area contributed by atoms with Gasteiger partial charge in [0.2, 0.25) is 5.91 Å². The molecule has 0 aliphatic heterocycles. The van der Waals surface area contributed by atoms with E-state index in [-0.39, 0.29) is 11.9 Å². The number of aromatic nitrogens is 2. The van der Waals surface area contributed by atoms with Gasteiger partial charge in [0.25, 0.3) is 0 Å². The molecule has 27 heavy (non-hydrogen) atoms. The van der Waals surface area contributed by atoms with Gasteiger partial charge in [0.15, 0.2) is 0 Å². The molecule has 140 valence electrons. The molecule has 2 aromatic carbocycles. The first-order valence-corrected chi connectivity index (χ1v) is 9.67. The zero-order valence-electron chi connectivity index (χ0n) is 15.9. The van der Waals surface area contributed by atoms with E-state index in [1.54, 1.807) is 0 Å². The monoisotopic (exact) mass is 362 g/mol. The number of nitrogens with one attached hydrogen (secondary N) is 1. The lowest BCUT2D eigenvalue weighted by Gasteiger charge is -2.27. The maximum absolute atomic E-state index is 13.0. The van der Waals surface area contributed by atoms with Crippen LogP contribution in [0.1, 0.15) is 37.2 Å². The fraction of sp³-hybridized carbons (Fsp3) is 0.364. The van der Waals surface area contributed by atoms with E-state index in [9.17, 15) is 4.79 Å². The average Bonchev–Trinajstić information content (AvgIpc) is 3.41. The molecule has 0 bridgehead atoms. The molecule has 0 unspecified atom stereocenters. The lowest BCUT2D eigenvalue weighted by atomic mass is 10.0. The van der Waals surface area contributed by atoms with Gasteiger partial charge in [-0.05, 0) is 44.5 Å². The summed E-state index contributed by atoms with van der Waals surface area (Å²) in [5.41, 5.74) is 3.15. The fourth-order valence-electron chi connectivity index (χ4n) is 3.66. The van der Waals surface area contributed by atoms with Crippen molar-refractivity contribution < 1.29 is 4.79 Å². The van der Waals surface area contributed by atoms with Gasteiger partial charge < -0.3 is 9.88 Å².